The SMILES string of the molecule is CC(C)(C)OC(=O)COC1CCN(C(=O)C(N)Cc2ccc(O)cc2)CC1. The predicted octanol–water partition coefficient (Wildman–Crippen LogP) is 1.61. The maximum atomic E-state index is 12.5. The Balaban J connectivity index is 1.73. The molecule has 1 aliphatic heterocycles. The summed E-state index contributed by atoms with van der Waals surface area (Å²) in [5, 5.41) is 9.31. The molecule has 1 unspecified atom stereocenters. The zero-order chi connectivity index (χ0) is 20.0. The summed E-state index contributed by atoms with van der Waals surface area (Å²) in [4.78, 5) is 26.0. The van der Waals surface area contributed by atoms with Gasteiger partial charge in [-0.25, -0.2) is 4.79 Å². The molecule has 0 aliphatic carbocycles. The van der Waals surface area contributed by atoms with Gasteiger partial charge in [0, 0.05) is 13.1 Å². The summed E-state index contributed by atoms with van der Waals surface area (Å²) >= 11 is 0. The second-order valence-corrected chi connectivity index (χ2v) is 7.90. The Morgan fingerprint density at radius 3 is 2.37 bits per heavy atom. The van der Waals surface area contributed by atoms with Gasteiger partial charge < -0.3 is 25.2 Å². The number of esters is 1. The molecule has 1 heterocycles. The molecule has 3 N–H and O–H groups in total. The molecule has 0 saturated carbocycles. The Bertz CT molecular complexity index is 631. The van der Waals surface area contributed by atoms with E-state index >= 15 is 0 Å². The molecule has 1 aliphatic rings. The highest BCUT2D eigenvalue weighted by atomic mass is 16.6. The van der Waals surface area contributed by atoms with Crippen LogP contribution in [0.25, 0.3) is 0 Å². The normalized spacial score (nSPS) is 16.8. The molecule has 2 rings (SSSR count). The molecule has 1 saturated heterocycles. The summed E-state index contributed by atoms with van der Waals surface area (Å²) < 4.78 is 10.8. The Morgan fingerprint density at radius 2 is 1.81 bits per heavy atom. The molecule has 0 spiro atoms. The van der Waals surface area contributed by atoms with Crippen LogP contribution in [0.2, 0.25) is 0 Å². The lowest BCUT2D eigenvalue weighted by Gasteiger charge is -2.33. The van der Waals surface area contributed by atoms with Gasteiger partial charge in [0.25, 0.3) is 0 Å². The highest BCUT2D eigenvalue weighted by molar-refractivity contribution is 5.82. The van der Waals surface area contributed by atoms with Gasteiger partial charge >= 0.3 is 5.97 Å². The monoisotopic (exact) mass is 378 g/mol. The van der Waals surface area contributed by atoms with Gasteiger partial charge in [0.2, 0.25) is 5.91 Å². The summed E-state index contributed by atoms with van der Waals surface area (Å²) in [6.45, 7) is 6.49. The Morgan fingerprint density at radius 1 is 1.22 bits per heavy atom. The van der Waals surface area contributed by atoms with Crippen LogP contribution in [0.3, 0.4) is 0 Å². The number of benzene rings is 1. The van der Waals surface area contributed by atoms with Gasteiger partial charge in [-0.15, -0.1) is 0 Å². The number of phenolic OH excluding ortho intramolecular Hbond substituents is 1. The molecule has 1 fully saturated rings. The highest BCUT2D eigenvalue weighted by Crippen LogP contribution is 2.17. The van der Waals surface area contributed by atoms with E-state index in [2.05, 4.69) is 0 Å². The zero-order valence-corrected chi connectivity index (χ0v) is 16.3. The average molecular weight is 378 g/mol. The minimum Gasteiger partial charge on any atom is -0.508 e. The second-order valence-electron chi connectivity index (χ2n) is 7.90. The predicted molar refractivity (Wildman–Crippen MR) is 101 cm³/mol. The van der Waals surface area contributed by atoms with E-state index in [1.54, 1.807) is 29.2 Å². The Labute approximate surface area is 160 Å². The lowest BCUT2D eigenvalue weighted by atomic mass is 10.0. The van der Waals surface area contributed by atoms with Crippen molar-refractivity contribution >= 4 is 11.9 Å². The number of rotatable bonds is 6. The van der Waals surface area contributed by atoms with Gasteiger partial charge in [0.1, 0.15) is 18.0 Å². The van der Waals surface area contributed by atoms with E-state index in [0.717, 1.165) is 5.56 Å². The van der Waals surface area contributed by atoms with Crippen LogP contribution in [0, 0.1) is 0 Å². The molecule has 0 aromatic heterocycles. The molecule has 150 valence electrons. The molecule has 7 nitrogen and oxygen atoms in total. The number of piperidine rings is 1. The van der Waals surface area contributed by atoms with Crippen LogP contribution in [-0.2, 0) is 25.5 Å². The van der Waals surface area contributed by atoms with Crippen molar-refractivity contribution in [2.24, 2.45) is 5.73 Å². The lowest BCUT2D eigenvalue weighted by Crippen LogP contribution is -2.49. The number of nitrogens with two attached hydrogens (primary N) is 1. The molecule has 1 aromatic rings. The molecular formula is C20H30N2O5. The van der Waals surface area contributed by atoms with Crippen LogP contribution in [0.1, 0.15) is 39.2 Å². The van der Waals surface area contributed by atoms with Gasteiger partial charge in [-0.1, -0.05) is 12.1 Å². The number of likely N-dealkylation sites (tertiary alicyclic amines) is 1. The number of aromatic hydroxyl groups is 1. The second kappa shape index (κ2) is 9.19. The maximum absolute atomic E-state index is 12.5. The Hall–Kier alpha value is -2.12. The molecule has 27 heavy (non-hydrogen) atoms. The van der Waals surface area contributed by atoms with Crippen LogP contribution >= 0.6 is 0 Å². The van der Waals surface area contributed by atoms with E-state index in [0.29, 0.717) is 32.4 Å². The van der Waals surface area contributed by atoms with Crippen molar-refractivity contribution in [3.63, 3.8) is 0 Å². The number of hydrogen-bond donors (Lipinski definition) is 2. The van der Waals surface area contributed by atoms with E-state index in [9.17, 15) is 14.7 Å². The Kier molecular flexibility index (Phi) is 7.21. The number of nitrogens with zero attached hydrogens (tertiary/aromatic N) is 1. The smallest absolute Gasteiger partial charge is 0.332 e. The number of amides is 1. The fraction of sp³-hybridized carbons (Fsp3) is 0.600. The average Bonchev–Trinajstić information content (AvgIpc) is 2.60. The highest BCUT2D eigenvalue weighted by Gasteiger charge is 2.27. The number of ether oxygens (including phenoxy) is 2. The summed E-state index contributed by atoms with van der Waals surface area (Å²) in [6, 6.07) is 6.08. The van der Waals surface area contributed by atoms with Crippen molar-refractivity contribution in [2.45, 2.75) is 57.8 Å². The molecule has 1 aromatic carbocycles. The fourth-order valence-electron chi connectivity index (χ4n) is 3.01. The third-order valence-corrected chi connectivity index (χ3v) is 4.32. The molecule has 0 radical (unpaired) electrons. The van der Waals surface area contributed by atoms with Crippen molar-refractivity contribution in [2.75, 3.05) is 19.7 Å². The summed E-state index contributed by atoms with van der Waals surface area (Å²) in [5.74, 6) is -0.280. The molecule has 7 heteroatoms. The van der Waals surface area contributed by atoms with Crippen LogP contribution in [0.4, 0.5) is 0 Å². The van der Waals surface area contributed by atoms with Crippen molar-refractivity contribution in [3.8, 4) is 5.75 Å². The van der Waals surface area contributed by atoms with Gasteiger partial charge in [0.05, 0.1) is 12.1 Å². The largest absolute Gasteiger partial charge is 0.508 e. The minimum atomic E-state index is -0.617. The number of phenols is 1. The van der Waals surface area contributed by atoms with Crippen LogP contribution < -0.4 is 5.73 Å². The van der Waals surface area contributed by atoms with E-state index in [1.165, 1.54) is 0 Å². The maximum Gasteiger partial charge on any atom is 0.332 e. The van der Waals surface area contributed by atoms with Crippen molar-refractivity contribution in [1.29, 1.82) is 0 Å². The summed E-state index contributed by atoms with van der Waals surface area (Å²) in [5.41, 5.74) is 6.45. The van der Waals surface area contributed by atoms with Gasteiger partial charge in [-0.2, -0.15) is 0 Å². The first-order valence-corrected chi connectivity index (χ1v) is 9.30. The van der Waals surface area contributed by atoms with Crippen LogP contribution in [0.5, 0.6) is 5.75 Å². The van der Waals surface area contributed by atoms with Crippen LogP contribution in [-0.4, -0.2) is 59.3 Å². The quantitative estimate of drug-likeness (QED) is 0.729. The third kappa shape index (κ3) is 7.19. The van der Waals surface area contributed by atoms with Gasteiger partial charge in [-0.05, 0) is 57.7 Å². The van der Waals surface area contributed by atoms with Crippen LogP contribution in [0.15, 0.2) is 24.3 Å². The standard InChI is InChI=1S/C20H30N2O5/c1-20(2,3)27-18(24)13-26-16-8-10-22(11-9-16)19(25)17(21)12-14-4-6-15(23)7-5-14/h4-7,16-17,23H,8-13,21H2,1-3H3. The molecule has 1 amide bonds. The first-order valence-electron chi connectivity index (χ1n) is 9.30. The van der Waals surface area contributed by atoms with E-state index in [4.69, 9.17) is 15.2 Å². The van der Waals surface area contributed by atoms with E-state index in [1.807, 2.05) is 20.8 Å². The third-order valence-electron chi connectivity index (χ3n) is 4.32. The molecule has 1 atom stereocenters. The van der Waals surface area contributed by atoms with E-state index < -0.39 is 11.6 Å². The van der Waals surface area contributed by atoms with E-state index in [-0.39, 0.29) is 30.3 Å². The number of carbonyl (C=O) groups excluding carboxylic acids is 2. The topological polar surface area (TPSA) is 102 Å². The van der Waals surface area contributed by atoms with Gasteiger partial charge in [0.15, 0.2) is 0 Å². The summed E-state index contributed by atoms with van der Waals surface area (Å²) in [6.07, 6.45) is 1.70. The van der Waals surface area contributed by atoms with Gasteiger partial charge in [-0.3, -0.25) is 4.79 Å². The zero-order valence-electron chi connectivity index (χ0n) is 16.3. The van der Waals surface area contributed by atoms with Crippen molar-refractivity contribution in [3.05, 3.63) is 29.8 Å². The van der Waals surface area contributed by atoms with Crippen molar-refractivity contribution < 1.29 is 24.2 Å². The number of hydrogen-bond acceptors (Lipinski definition) is 6. The first-order chi connectivity index (χ1) is 12.6. The fourth-order valence-corrected chi connectivity index (χ4v) is 3.01. The number of carbonyl (C=O) groups is 2. The first kappa shape index (κ1) is 21.2. The molecular weight excluding hydrogens is 348 g/mol. The molecule has 0 bridgehead atoms. The summed E-state index contributed by atoms with van der Waals surface area (Å²) in [7, 11) is 0. The minimum absolute atomic E-state index is 0.0603. The lowest BCUT2D eigenvalue weighted by molar-refractivity contribution is -0.163. The van der Waals surface area contributed by atoms with Crippen molar-refractivity contribution in [1.82, 2.24) is 4.90 Å².